The number of fused-ring (bicyclic) bond motifs is 1. The highest BCUT2D eigenvalue weighted by atomic mass is 32.1. The molecule has 1 aromatic carbocycles. The van der Waals surface area contributed by atoms with Gasteiger partial charge in [0.05, 0.1) is 12.7 Å². The Bertz CT molecular complexity index is 988. The maximum atomic E-state index is 4.55. The van der Waals surface area contributed by atoms with E-state index in [1.807, 2.05) is 37.1 Å². The van der Waals surface area contributed by atoms with Gasteiger partial charge in [-0.2, -0.15) is 9.61 Å². The first-order valence-electron chi connectivity index (χ1n) is 8.09. The van der Waals surface area contributed by atoms with Crippen LogP contribution < -0.4 is 10.2 Å². The molecular weight excluding hydrogens is 330 g/mol. The molecule has 0 amide bonds. The van der Waals surface area contributed by atoms with Gasteiger partial charge in [0.25, 0.3) is 0 Å². The van der Waals surface area contributed by atoms with Gasteiger partial charge < -0.3 is 10.2 Å². The van der Waals surface area contributed by atoms with Gasteiger partial charge in [-0.3, -0.25) is 0 Å². The molecule has 0 bridgehead atoms. The Balaban J connectivity index is 1.70. The summed E-state index contributed by atoms with van der Waals surface area (Å²) in [5.74, 6) is 0.938. The van der Waals surface area contributed by atoms with Crippen LogP contribution in [0.25, 0.3) is 16.8 Å². The average molecular weight is 349 g/mol. The van der Waals surface area contributed by atoms with E-state index < -0.39 is 0 Å². The summed E-state index contributed by atoms with van der Waals surface area (Å²) >= 11 is 1.74. The Morgan fingerprint density at radius 3 is 2.88 bits per heavy atom. The summed E-state index contributed by atoms with van der Waals surface area (Å²) in [6, 6.07) is 14.5. The molecule has 3 heterocycles. The molecule has 4 rings (SSSR count). The van der Waals surface area contributed by atoms with Gasteiger partial charge in [0.15, 0.2) is 5.65 Å². The van der Waals surface area contributed by atoms with Gasteiger partial charge in [-0.1, -0.05) is 18.2 Å². The second-order valence-corrected chi connectivity index (χ2v) is 7.03. The van der Waals surface area contributed by atoms with E-state index in [1.54, 1.807) is 11.3 Å². The Labute approximate surface area is 150 Å². The van der Waals surface area contributed by atoms with Crippen molar-refractivity contribution in [3.8, 4) is 11.1 Å². The molecule has 0 aliphatic heterocycles. The van der Waals surface area contributed by atoms with Crippen LogP contribution in [0.5, 0.6) is 0 Å². The minimum Gasteiger partial charge on any atom is -0.378 e. The molecule has 0 aliphatic carbocycles. The number of nitrogens with one attached hydrogen (secondary N) is 1. The zero-order valence-electron chi connectivity index (χ0n) is 14.2. The molecule has 25 heavy (non-hydrogen) atoms. The zero-order valence-corrected chi connectivity index (χ0v) is 15.0. The van der Waals surface area contributed by atoms with Crippen molar-refractivity contribution < 1.29 is 0 Å². The second kappa shape index (κ2) is 6.57. The molecule has 0 aliphatic rings. The van der Waals surface area contributed by atoms with Gasteiger partial charge in [0.2, 0.25) is 0 Å². The number of aromatic nitrogens is 3. The number of thiophene rings is 1. The predicted molar refractivity (Wildman–Crippen MR) is 104 cm³/mol. The molecule has 0 saturated carbocycles. The normalized spacial score (nSPS) is 11.0. The van der Waals surface area contributed by atoms with Crippen LogP contribution >= 0.6 is 11.3 Å². The fourth-order valence-electron chi connectivity index (χ4n) is 2.77. The maximum absolute atomic E-state index is 4.55. The molecule has 4 aromatic rings. The van der Waals surface area contributed by atoms with Crippen molar-refractivity contribution in [2.45, 2.75) is 6.54 Å². The highest BCUT2D eigenvalue weighted by Crippen LogP contribution is 2.28. The van der Waals surface area contributed by atoms with Crippen molar-refractivity contribution in [1.82, 2.24) is 14.6 Å². The molecule has 0 atom stereocenters. The van der Waals surface area contributed by atoms with Gasteiger partial charge in [-0.15, -0.1) is 11.3 Å². The lowest BCUT2D eigenvalue weighted by atomic mass is 10.1. The molecule has 0 saturated heterocycles. The minimum absolute atomic E-state index is 0.780. The van der Waals surface area contributed by atoms with E-state index in [0.29, 0.717) is 0 Å². The lowest BCUT2D eigenvalue weighted by Crippen LogP contribution is -2.08. The van der Waals surface area contributed by atoms with Gasteiger partial charge in [0, 0.05) is 36.4 Å². The van der Waals surface area contributed by atoms with Gasteiger partial charge >= 0.3 is 0 Å². The van der Waals surface area contributed by atoms with Crippen LogP contribution in [-0.4, -0.2) is 28.7 Å². The smallest absolute Gasteiger partial charge is 0.165 e. The monoisotopic (exact) mass is 349 g/mol. The molecule has 0 spiro atoms. The standard InChI is InChI=1S/C19H19N5S/c1-23(2)15-6-3-5-14(11-15)17-13-22-24-18(8-9-20-19(17)24)21-12-16-7-4-10-25-16/h3-11,13,21H,12H2,1-2H3. The van der Waals surface area contributed by atoms with E-state index >= 15 is 0 Å². The molecule has 0 fully saturated rings. The molecule has 1 N–H and O–H groups in total. The lowest BCUT2D eigenvalue weighted by Gasteiger charge is -2.13. The molecule has 5 nitrogen and oxygen atoms in total. The van der Waals surface area contributed by atoms with Crippen LogP contribution in [0.3, 0.4) is 0 Å². The highest BCUT2D eigenvalue weighted by molar-refractivity contribution is 7.09. The molecule has 6 heteroatoms. The third-order valence-corrected chi connectivity index (χ3v) is 4.98. The van der Waals surface area contributed by atoms with Gasteiger partial charge in [-0.25, -0.2) is 4.98 Å². The number of benzene rings is 1. The Morgan fingerprint density at radius 2 is 2.08 bits per heavy atom. The highest BCUT2D eigenvalue weighted by Gasteiger charge is 2.11. The summed E-state index contributed by atoms with van der Waals surface area (Å²) in [6.45, 7) is 0.780. The quantitative estimate of drug-likeness (QED) is 0.588. The van der Waals surface area contributed by atoms with Crippen molar-refractivity contribution >= 4 is 28.5 Å². The largest absolute Gasteiger partial charge is 0.378 e. The number of hydrogen-bond acceptors (Lipinski definition) is 5. The van der Waals surface area contributed by atoms with Crippen LogP contribution in [0, 0.1) is 0 Å². The number of anilines is 2. The number of nitrogens with zero attached hydrogens (tertiary/aromatic N) is 4. The van der Waals surface area contributed by atoms with Crippen LogP contribution in [0.4, 0.5) is 11.5 Å². The third kappa shape index (κ3) is 3.08. The van der Waals surface area contributed by atoms with E-state index in [9.17, 15) is 0 Å². The summed E-state index contributed by atoms with van der Waals surface area (Å²) in [7, 11) is 4.08. The van der Waals surface area contributed by atoms with E-state index in [0.717, 1.165) is 34.8 Å². The first-order chi connectivity index (χ1) is 12.2. The van der Waals surface area contributed by atoms with Crippen molar-refractivity contribution in [3.05, 3.63) is 65.1 Å². The fraction of sp³-hybridized carbons (Fsp3) is 0.158. The van der Waals surface area contributed by atoms with E-state index in [2.05, 4.69) is 62.1 Å². The van der Waals surface area contributed by atoms with E-state index in [1.165, 1.54) is 4.88 Å². The van der Waals surface area contributed by atoms with Gasteiger partial charge in [-0.05, 0) is 35.2 Å². The van der Waals surface area contributed by atoms with Crippen LogP contribution in [0.2, 0.25) is 0 Å². The number of hydrogen-bond donors (Lipinski definition) is 1. The van der Waals surface area contributed by atoms with Crippen molar-refractivity contribution in [1.29, 1.82) is 0 Å². The fourth-order valence-corrected chi connectivity index (χ4v) is 3.42. The number of rotatable bonds is 5. The first-order valence-corrected chi connectivity index (χ1v) is 8.97. The Kier molecular flexibility index (Phi) is 4.11. The predicted octanol–water partition coefficient (Wildman–Crippen LogP) is 4.14. The lowest BCUT2D eigenvalue weighted by molar-refractivity contribution is 0.928. The Morgan fingerprint density at radius 1 is 1.16 bits per heavy atom. The van der Waals surface area contributed by atoms with Gasteiger partial charge in [0.1, 0.15) is 5.82 Å². The third-order valence-electron chi connectivity index (χ3n) is 4.10. The second-order valence-electron chi connectivity index (χ2n) is 6.00. The maximum Gasteiger partial charge on any atom is 0.165 e. The molecule has 0 unspecified atom stereocenters. The summed E-state index contributed by atoms with van der Waals surface area (Å²) in [4.78, 5) is 7.93. The van der Waals surface area contributed by atoms with Crippen LogP contribution in [-0.2, 0) is 6.54 Å². The summed E-state index contributed by atoms with van der Waals surface area (Å²) in [5.41, 5.74) is 4.16. The minimum atomic E-state index is 0.780. The Hall–Kier alpha value is -2.86. The SMILES string of the molecule is CN(C)c1cccc(-c2cnn3c(NCc4cccs4)ccnc23)c1. The van der Waals surface area contributed by atoms with E-state index in [-0.39, 0.29) is 0 Å². The summed E-state index contributed by atoms with van der Waals surface area (Å²) in [5, 5.41) is 10.1. The van der Waals surface area contributed by atoms with Crippen molar-refractivity contribution in [2.75, 3.05) is 24.3 Å². The van der Waals surface area contributed by atoms with Crippen LogP contribution in [0.15, 0.2) is 60.2 Å². The topological polar surface area (TPSA) is 45.5 Å². The zero-order chi connectivity index (χ0) is 17.2. The summed E-state index contributed by atoms with van der Waals surface area (Å²) in [6.07, 6.45) is 3.71. The molecule has 3 aromatic heterocycles. The van der Waals surface area contributed by atoms with Crippen molar-refractivity contribution in [3.63, 3.8) is 0 Å². The average Bonchev–Trinajstić information content (AvgIpc) is 3.30. The molecular formula is C19H19N5S. The molecule has 126 valence electrons. The summed E-state index contributed by atoms with van der Waals surface area (Å²) < 4.78 is 1.87. The molecule has 0 radical (unpaired) electrons. The first kappa shape index (κ1) is 15.7. The van der Waals surface area contributed by atoms with Crippen LogP contribution in [0.1, 0.15) is 4.88 Å². The van der Waals surface area contributed by atoms with E-state index in [4.69, 9.17) is 0 Å². The van der Waals surface area contributed by atoms with Crippen molar-refractivity contribution in [2.24, 2.45) is 0 Å².